The first-order valence-corrected chi connectivity index (χ1v) is 6.47. The van der Waals surface area contributed by atoms with Gasteiger partial charge < -0.3 is 21.1 Å². The van der Waals surface area contributed by atoms with Crippen LogP contribution in [0.25, 0.3) is 0 Å². The van der Waals surface area contributed by atoms with E-state index in [1.165, 1.54) is 0 Å². The van der Waals surface area contributed by atoms with Gasteiger partial charge in [0.05, 0.1) is 19.1 Å². The van der Waals surface area contributed by atoms with E-state index in [1.54, 1.807) is 0 Å². The van der Waals surface area contributed by atoms with Gasteiger partial charge in [-0.3, -0.25) is 9.59 Å². The molecular weight excluding hydrogens is 258 g/mol. The first kappa shape index (κ1) is 16.0. The molecule has 6 heteroatoms. The number of amides is 2. The van der Waals surface area contributed by atoms with E-state index < -0.39 is 0 Å². The van der Waals surface area contributed by atoms with E-state index in [0.29, 0.717) is 6.61 Å². The summed E-state index contributed by atoms with van der Waals surface area (Å²) in [5.41, 5.74) is 6.28. The van der Waals surface area contributed by atoms with Gasteiger partial charge in [0.25, 0.3) is 0 Å². The minimum Gasteiger partial charge on any atom is -0.491 e. The van der Waals surface area contributed by atoms with E-state index in [2.05, 4.69) is 10.6 Å². The summed E-state index contributed by atoms with van der Waals surface area (Å²) in [5, 5.41) is 5.12. The van der Waals surface area contributed by atoms with Gasteiger partial charge in [-0.05, 0) is 26.0 Å². The predicted octanol–water partition coefficient (Wildman–Crippen LogP) is -0.0466. The Kier molecular flexibility index (Phi) is 6.52. The van der Waals surface area contributed by atoms with Crippen LogP contribution in [0.5, 0.6) is 5.75 Å². The maximum atomic E-state index is 11.5. The quantitative estimate of drug-likeness (QED) is 0.652. The van der Waals surface area contributed by atoms with Crippen molar-refractivity contribution in [3.63, 3.8) is 0 Å². The van der Waals surface area contributed by atoms with Crippen molar-refractivity contribution in [2.75, 3.05) is 19.7 Å². The Hall–Kier alpha value is -2.08. The Labute approximate surface area is 118 Å². The van der Waals surface area contributed by atoms with Gasteiger partial charge >= 0.3 is 0 Å². The highest BCUT2D eigenvalue weighted by molar-refractivity contribution is 5.85. The Bertz CT molecular complexity index is 445. The van der Waals surface area contributed by atoms with Crippen molar-refractivity contribution in [3.8, 4) is 5.75 Å². The molecule has 0 spiro atoms. The first-order valence-electron chi connectivity index (χ1n) is 6.47. The van der Waals surface area contributed by atoms with Crippen molar-refractivity contribution >= 4 is 11.8 Å². The highest BCUT2D eigenvalue weighted by atomic mass is 16.5. The molecule has 20 heavy (non-hydrogen) atoms. The smallest absolute Gasteiger partial charge is 0.239 e. The van der Waals surface area contributed by atoms with Crippen LogP contribution >= 0.6 is 0 Å². The molecule has 0 aliphatic rings. The van der Waals surface area contributed by atoms with Crippen LogP contribution in [0.1, 0.15) is 12.5 Å². The van der Waals surface area contributed by atoms with Crippen molar-refractivity contribution in [3.05, 3.63) is 29.8 Å². The molecule has 6 nitrogen and oxygen atoms in total. The molecule has 2 amide bonds. The van der Waals surface area contributed by atoms with Crippen LogP contribution in [0.2, 0.25) is 0 Å². The van der Waals surface area contributed by atoms with Crippen molar-refractivity contribution in [2.24, 2.45) is 5.73 Å². The molecule has 1 atom stereocenters. The van der Waals surface area contributed by atoms with Crippen LogP contribution in [-0.4, -0.2) is 37.6 Å². The van der Waals surface area contributed by atoms with E-state index >= 15 is 0 Å². The SMILES string of the molecule is Cc1ccc(OCC(C)NC(=O)CNC(=O)CN)cc1. The third-order valence-electron chi connectivity index (χ3n) is 2.56. The molecule has 0 aromatic heterocycles. The number of carbonyl (C=O) groups excluding carboxylic acids is 2. The van der Waals surface area contributed by atoms with Crippen molar-refractivity contribution in [1.82, 2.24) is 10.6 Å². The molecule has 110 valence electrons. The molecule has 0 fully saturated rings. The van der Waals surface area contributed by atoms with Gasteiger partial charge in [0.15, 0.2) is 0 Å². The molecule has 1 aromatic carbocycles. The lowest BCUT2D eigenvalue weighted by atomic mass is 10.2. The van der Waals surface area contributed by atoms with Gasteiger partial charge in [-0.15, -0.1) is 0 Å². The lowest BCUT2D eigenvalue weighted by molar-refractivity contribution is -0.125. The minimum atomic E-state index is -0.358. The number of aryl methyl sites for hydroxylation is 1. The number of rotatable bonds is 7. The molecule has 0 aliphatic carbocycles. The number of carbonyl (C=O) groups is 2. The first-order chi connectivity index (χ1) is 9.51. The zero-order valence-electron chi connectivity index (χ0n) is 11.8. The highest BCUT2D eigenvalue weighted by Crippen LogP contribution is 2.11. The van der Waals surface area contributed by atoms with Crippen LogP contribution < -0.4 is 21.1 Å². The molecule has 0 saturated heterocycles. The topological polar surface area (TPSA) is 93.5 Å². The molecule has 1 rings (SSSR count). The van der Waals surface area contributed by atoms with E-state index in [4.69, 9.17) is 10.5 Å². The van der Waals surface area contributed by atoms with Gasteiger partial charge in [-0.25, -0.2) is 0 Å². The van der Waals surface area contributed by atoms with Crippen molar-refractivity contribution < 1.29 is 14.3 Å². The fraction of sp³-hybridized carbons (Fsp3) is 0.429. The fourth-order valence-corrected chi connectivity index (χ4v) is 1.47. The Morgan fingerprint density at radius 2 is 1.90 bits per heavy atom. The second-order valence-corrected chi connectivity index (χ2v) is 4.57. The van der Waals surface area contributed by atoms with Gasteiger partial charge in [0, 0.05) is 0 Å². The Morgan fingerprint density at radius 3 is 2.50 bits per heavy atom. The summed E-state index contributed by atoms with van der Waals surface area (Å²) in [6.45, 7) is 3.99. The van der Waals surface area contributed by atoms with Crippen LogP contribution in [0, 0.1) is 6.92 Å². The number of benzene rings is 1. The maximum Gasteiger partial charge on any atom is 0.239 e. The van der Waals surface area contributed by atoms with Crippen LogP contribution in [0.3, 0.4) is 0 Å². The number of nitrogens with two attached hydrogens (primary N) is 1. The van der Waals surface area contributed by atoms with E-state index in [1.807, 2.05) is 38.1 Å². The third-order valence-corrected chi connectivity index (χ3v) is 2.56. The lowest BCUT2D eigenvalue weighted by Gasteiger charge is -2.15. The molecule has 0 heterocycles. The molecule has 1 unspecified atom stereocenters. The predicted molar refractivity (Wildman–Crippen MR) is 76.3 cm³/mol. The molecule has 0 aliphatic heterocycles. The monoisotopic (exact) mass is 279 g/mol. The number of hydrogen-bond donors (Lipinski definition) is 3. The molecule has 0 saturated carbocycles. The summed E-state index contributed by atoms with van der Waals surface area (Å²) in [6, 6.07) is 7.53. The van der Waals surface area contributed by atoms with Gasteiger partial charge in [-0.1, -0.05) is 17.7 Å². The largest absolute Gasteiger partial charge is 0.491 e. The van der Waals surface area contributed by atoms with E-state index in [-0.39, 0.29) is 30.9 Å². The molecule has 0 bridgehead atoms. The molecule has 0 radical (unpaired) electrons. The molecule has 1 aromatic rings. The van der Waals surface area contributed by atoms with Crippen molar-refractivity contribution in [1.29, 1.82) is 0 Å². The summed E-state index contributed by atoms with van der Waals surface area (Å²) >= 11 is 0. The second-order valence-electron chi connectivity index (χ2n) is 4.57. The summed E-state index contributed by atoms with van der Waals surface area (Å²) in [6.07, 6.45) is 0. The minimum absolute atomic E-state index is 0.0785. The van der Waals surface area contributed by atoms with Crippen LogP contribution in [-0.2, 0) is 9.59 Å². The zero-order chi connectivity index (χ0) is 15.0. The lowest BCUT2D eigenvalue weighted by Crippen LogP contribution is -2.44. The molecule has 4 N–H and O–H groups in total. The number of ether oxygens (including phenoxy) is 1. The van der Waals surface area contributed by atoms with Gasteiger partial charge in [0.1, 0.15) is 12.4 Å². The highest BCUT2D eigenvalue weighted by Gasteiger charge is 2.09. The van der Waals surface area contributed by atoms with Crippen LogP contribution in [0.15, 0.2) is 24.3 Å². The maximum absolute atomic E-state index is 11.5. The summed E-state index contributed by atoms with van der Waals surface area (Å²) in [4.78, 5) is 22.4. The fourth-order valence-electron chi connectivity index (χ4n) is 1.47. The van der Waals surface area contributed by atoms with E-state index in [0.717, 1.165) is 11.3 Å². The molecular formula is C14H21N3O3. The average molecular weight is 279 g/mol. The standard InChI is InChI=1S/C14H21N3O3/c1-10-3-5-12(6-4-10)20-9-11(2)17-14(19)8-16-13(18)7-15/h3-6,11H,7-9,15H2,1-2H3,(H,16,18)(H,17,19). The summed E-state index contributed by atoms with van der Waals surface area (Å²) < 4.78 is 5.55. The summed E-state index contributed by atoms with van der Waals surface area (Å²) in [7, 11) is 0. The number of nitrogens with one attached hydrogen (secondary N) is 2. The van der Waals surface area contributed by atoms with Gasteiger partial charge in [-0.2, -0.15) is 0 Å². The number of hydrogen-bond acceptors (Lipinski definition) is 4. The normalized spacial score (nSPS) is 11.6. The van der Waals surface area contributed by atoms with Gasteiger partial charge in [0.2, 0.25) is 11.8 Å². The zero-order valence-corrected chi connectivity index (χ0v) is 11.8. The third kappa shape index (κ3) is 6.19. The van der Waals surface area contributed by atoms with E-state index in [9.17, 15) is 9.59 Å². The summed E-state index contributed by atoms with van der Waals surface area (Å²) in [5.74, 6) is 0.128. The van der Waals surface area contributed by atoms with Crippen LogP contribution in [0.4, 0.5) is 0 Å². The second kappa shape index (κ2) is 8.16. The average Bonchev–Trinajstić information content (AvgIpc) is 2.44. The Morgan fingerprint density at radius 1 is 1.25 bits per heavy atom. The van der Waals surface area contributed by atoms with Crippen molar-refractivity contribution in [2.45, 2.75) is 19.9 Å². The Balaban J connectivity index is 2.25.